The van der Waals surface area contributed by atoms with E-state index in [1.807, 2.05) is 0 Å². The van der Waals surface area contributed by atoms with Crippen LogP contribution >= 0.6 is 0 Å². The second kappa shape index (κ2) is 20.9. The van der Waals surface area contributed by atoms with Gasteiger partial charge in [-0.15, -0.1) is 10.2 Å². The van der Waals surface area contributed by atoms with Crippen LogP contribution in [0.5, 0.6) is 11.5 Å². The molecule has 4 fully saturated rings. The molecule has 0 bridgehead atoms. The molecule has 2 aromatic heterocycles. The number of aliphatic hydroxyl groups excluding tert-OH is 14. The van der Waals surface area contributed by atoms with Crippen molar-refractivity contribution in [1.82, 2.24) is 30.0 Å². The Labute approximate surface area is 361 Å². The molecule has 1 aromatic carbocycles. The van der Waals surface area contributed by atoms with Gasteiger partial charge in [0.1, 0.15) is 134 Å². The van der Waals surface area contributed by atoms with Gasteiger partial charge in [0, 0.05) is 0 Å². The van der Waals surface area contributed by atoms with Crippen molar-refractivity contribution in [3.63, 3.8) is 0 Å². The number of aliphatic hydroxyl groups is 14. The largest absolute Gasteiger partial charge is 0.487 e. The predicted molar refractivity (Wildman–Crippen MR) is 198 cm³/mol. The van der Waals surface area contributed by atoms with Gasteiger partial charge in [0.25, 0.3) is 0 Å². The number of hydrogen-bond donors (Lipinski definition) is 14. The van der Waals surface area contributed by atoms with Crippen LogP contribution < -0.4 is 9.47 Å². The van der Waals surface area contributed by atoms with Gasteiger partial charge in [-0.25, -0.2) is 9.36 Å². The molecule has 64 heavy (non-hydrogen) atoms. The molecule has 28 nitrogen and oxygen atoms in total. The highest BCUT2D eigenvalue weighted by Gasteiger charge is 2.53. The fourth-order valence-electron chi connectivity index (χ4n) is 7.53. The lowest BCUT2D eigenvalue weighted by atomic mass is 9.96. The molecule has 0 saturated carbocycles. The molecular weight excluding hydrogens is 868 g/mol. The summed E-state index contributed by atoms with van der Waals surface area (Å²) in [5.41, 5.74) is 0.548. The Hall–Kier alpha value is -3.70. The lowest BCUT2D eigenvalue weighted by Crippen LogP contribution is -2.63. The van der Waals surface area contributed by atoms with Crippen LogP contribution in [0.25, 0.3) is 0 Å². The highest BCUT2D eigenvalue weighted by atomic mass is 16.7. The Kier molecular flexibility index (Phi) is 15.7. The van der Waals surface area contributed by atoms with Crippen LogP contribution in [-0.2, 0) is 41.6 Å². The van der Waals surface area contributed by atoms with Gasteiger partial charge in [0.15, 0.2) is 25.0 Å². The van der Waals surface area contributed by atoms with E-state index >= 15 is 0 Å². The van der Waals surface area contributed by atoms with Gasteiger partial charge >= 0.3 is 0 Å². The third-order valence-corrected chi connectivity index (χ3v) is 11.2. The van der Waals surface area contributed by atoms with Crippen LogP contribution in [0.1, 0.15) is 23.8 Å². The molecule has 4 aliphatic rings. The zero-order chi connectivity index (χ0) is 46.0. The minimum absolute atomic E-state index is 0.109. The maximum atomic E-state index is 11.0. The molecule has 4 saturated heterocycles. The monoisotopic (exact) mass is 920 g/mol. The summed E-state index contributed by atoms with van der Waals surface area (Å²) in [7, 11) is 0. The molecule has 3 aromatic rings. The van der Waals surface area contributed by atoms with Crippen molar-refractivity contribution in [3.05, 3.63) is 48.0 Å². The van der Waals surface area contributed by atoms with Crippen LogP contribution in [0.15, 0.2) is 36.7 Å². The van der Waals surface area contributed by atoms with E-state index in [1.54, 1.807) is 24.3 Å². The number of aromatic nitrogens is 6. The maximum absolute atomic E-state index is 11.0. The zero-order valence-corrected chi connectivity index (χ0v) is 33.5. The molecule has 0 aliphatic carbocycles. The molecule has 358 valence electrons. The molecule has 0 unspecified atom stereocenters. The predicted octanol–water partition coefficient (Wildman–Crippen LogP) is -8.38. The number of rotatable bonds is 16. The Morgan fingerprint density at radius 1 is 0.438 bits per heavy atom. The molecule has 20 atom stereocenters. The van der Waals surface area contributed by atoms with Crippen LogP contribution in [0, 0.1) is 0 Å². The number of hydrogen-bond acceptors (Lipinski definition) is 26. The zero-order valence-electron chi connectivity index (χ0n) is 33.5. The SMILES string of the molecule is OC[C@H]1O[C@@H](O[C@H]2[C@H](O)[C@@H](O)[C@H](n3cc(COc4ccc(OCc5cn([C@@H]6O[C@H](CO)[C@@H](O[C@@H]7O[C@H](CO)[C@H](O)[C@H](O)[C@H]7O)[C@H](O)[C@H]6O)nn5)cc4)nn3)O[C@@H]2CO)[C@H](O)[C@@H](O)[C@H]1O. The van der Waals surface area contributed by atoms with Crippen molar-refractivity contribution < 1.29 is 109 Å². The van der Waals surface area contributed by atoms with Crippen molar-refractivity contribution in [3.8, 4) is 11.5 Å². The van der Waals surface area contributed by atoms with E-state index < -0.39 is 149 Å². The van der Waals surface area contributed by atoms with Gasteiger partial charge in [-0.2, -0.15) is 0 Å². The first kappa shape index (κ1) is 48.2. The fraction of sp³-hybridized carbons (Fsp3) is 0.722. The topological polar surface area (TPSA) is 418 Å². The average molecular weight is 921 g/mol. The normalized spacial score (nSPS) is 40.6. The first-order chi connectivity index (χ1) is 30.7. The summed E-state index contributed by atoms with van der Waals surface area (Å²) in [5.74, 6) is 0.778. The van der Waals surface area contributed by atoms with Crippen LogP contribution in [0.2, 0.25) is 0 Å². The molecule has 28 heteroatoms. The standard InChI is InChI=1S/C36H52N6O22/c43-7-17-21(47)23(49)29(55)35(61-17)63-31-19(9-45)59-33(27(53)25(31)51)41-5-13(37-39-41)11-57-15-1-2-16(4-3-15)58-12-14-6-42(40-38-14)34-28(54)26(52)32(20(10-46)60-34)64-36-30(56)24(50)22(48)18(8-44)62-36/h1-6,17-36,43-56H,7-12H2/t17-,18-,19-,20-,21+,22+,23+,24+,25-,26-,27-,28-,29-,30-,31-,32-,33-,34-,35+,36+/m1/s1. The quantitative estimate of drug-likeness (QED) is 0.0634. The summed E-state index contributed by atoms with van der Waals surface area (Å²) in [6, 6.07) is 6.36. The van der Waals surface area contributed by atoms with Gasteiger partial charge in [0.2, 0.25) is 0 Å². The maximum Gasteiger partial charge on any atom is 0.187 e. The molecule has 6 heterocycles. The van der Waals surface area contributed by atoms with E-state index in [9.17, 15) is 71.5 Å². The number of ether oxygens (including phenoxy) is 8. The molecule has 0 radical (unpaired) electrons. The van der Waals surface area contributed by atoms with Crippen molar-refractivity contribution in [2.45, 2.75) is 136 Å². The Balaban J connectivity index is 0.885. The van der Waals surface area contributed by atoms with Gasteiger partial charge in [-0.05, 0) is 24.3 Å². The van der Waals surface area contributed by atoms with E-state index in [-0.39, 0.29) is 24.6 Å². The Morgan fingerprint density at radius 3 is 1.14 bits per heavy atom. The van der Waals surface area contributed by atoms with Crippen molar-refractivity contribution >= 4 is 0 Å². The smallest absolute Gasteiger partial charge is 0.187 e. The average Bonchev–Trinajstić information content (AvgIpc) is 3.99. The second-order valence-electron chi connectivity index (χ2n) is 15.5. The molecular formula is C36H52N6O22. The molecule has 4 aliphatic heterocycles. The third-order valence-electron chi connectivity index (χ3n) is 11.2. The minimum atomic E-state index is -1.81. The van der Waals surface area contributed by atoms with E-state index in [0.717, 1.165) is 9.36 Å². The summed E-state index contributed by atoms with van der Waals surface area (Å²) in [6.45, 7) is -3.15. The van der Waals surface area contributed by atoms with E-state index in [1.165, 1.54) is 12.4 Å². The summed E-state index contributed by atoms with van der Waals surface area (Å²) >= 11 is 0. The summed E-state index contributed by atoms with van der Waals surface area (Å²) in [6.07, 6.45) is -29.0. The number of benzene rings is 1. The highest BCUT2D eigenvalue weighted by Crippen LogP contribution is 2.35. The van der Waals surface area contributed by atoms with E-state index in [0.29, 0.717) is 11.5 Å². The van der Waals surface area contributed by atoms with E-state index in [2.05, 4.69) is 20.6 Å². The first-order valence-electron chi connectivity index (χ1n) is 20.0. The van der Waals surface area contributed by atoms with Crippen molar-refractivity contribution in [2.24, 2.45) is 0 Å². The van der Waals surface area contributed by atoms with Crippen molar-refractivity contribution in [1.29, 1.82) is 0 Å². The first-order valence-corrected chi connectivity index (χ1v) is 20.0. The fourth-order valence-corrected chi connectivity index (χ4v) is 7.53. The minimum Gasteiger partial charge on any atom is -0.487 e. The van der Waals surface area contributed by atoms with Crippen LogP contribution in [-0.4, -0.2) is 238 Å². The Morgan fingerprint density at radius 2 is 0.797 bits per heavy atom. The summed E-state index contributed by atoms with van der Waals surface area (Å²) in [5, 5.41) is 160. The summed E-state index contributed by atoms with van der Waals surface area (Å²) in [4.78, 5) is 0. The lowest BCUT2D eigenvalue weighted by Gasteiger charge is -2.45. The lowest BCUT2D eigenvalue weighted by molar-refractivity contribution is -0.347. The van der Waals surface area contributed by atoms with Crippen LogP contribution in [0.3, 0.4) is 0 Å². The number of nitrogens with zero attached hydrogens (tertiary/aromatic N) is 6. The molecule has 0 amide bonds. The van der Waals surface area contributed by atoms with Crippen molar-refractivity contribution in [2.75, 3.05) is 26.4 Å². The van der Waals surface area contributed by atoms with Crippen LogP contribution in [0.4, 0.5) is 0 Å². The summed E-state index contributed by atoms with van der Waals surface area (Å²) < 4.78 is 47.1. The molecule has 7 rings (SSSR count). The second-order valence-corrected chi connectivity index (χ2v) is 15.5. The molecule has 14 N–H and O–H groups in total. The molecule has 0 spiro atoms. The third kappa shape index (κ3) is 10.0. The van der Waals surface area contributed by atoms with Gasteiger partial charge < -0.3 is 109 Å². The highest BCUT2D eigenvalue weighted by molar-refractivity contribution is 5.31. The Bertz CT molecular complexity index is 1780. The van der Waals surface area contributed by atoms with Gasteiger partial charge in [0.05, 0.1) is 38.8 Å². The van der Waals surface area contributed by atoms with E-state index in [4.69, 9.17) is 37.9 Å². The van der Waals surface area contributed by atoms with Gasteiger partial charge in [-0.3, -0.25) is 0 Å². The van der Waals surface area contributed by atoms with Gasteiger partial charge in [-0.1, -0.05) is 10.4 Å².